The summed E-state index contributed by atoms with van der Waals surface area (Å²) in [6.07, 6.45) is 1.05. The third-order valence-electron chi connectivity index (χ3n) is 1.74. The van der Waals surface area contributed by atoms with Gasteiger partial charge in [0.25, 0.3) is 0 Å². The van der Waals surface area contributed by atoms with E-state index in [1.54, 1.807) is 11.3 Å². The summed E-state index contributed by atoms with van der Waals surface area (Å²) in [5.74, 6) is 0. The Bertz CT molecular complexity index is 266. The van der Waals surface area contributed by atoms with Crippen molar-refractivity contribution in [1.82, 2.24) is 4.98 Å². The molecule has 2 N–H and O–H groups in total. The normalized spacial score (nSPS) is 10.8. The van der Waals surface area contributed by atoms with Crippen molar-refractivity contribution in [3.8, 4) is 0 Å². The average molecular weight is 230 g/mol. The lowest BCUT2D eigenvalue weighted by Gasteiger charge is -2.02. The van der Waals surface area contributed by atoms with E-state index < -0.39 is 0 Å². The quantitative estimate of drug-likeness (QED) is 0.688. The fourth-order valence-corrected chi connectivity index (χ4v) is 1.71. The largest absolute Gasteiger partial charge is 0.379 e. The molecule has 0 radical (unpaired) electrons. The summed E-state index contributed by atoms with van der Waals surface area (Å²) in [7, 11) is 0. The van der Waals surface area contributed by atoms with Crippen LogP contribution in [0.1, 0.15) is 24.0 Å². The average Bonchev–Trinajstić information content (AvgIpc) is 2.71. The number of thiazole rings is 1. The monoisotopic (exact) mass is 230 g/mol. The molecule has 5 heteroatoms. The summed E-state index contributed by atoms with van der Waals surface area (Å²) in [5, 5.41) is 2.94. The van der Waals surface area contributed by atoms with Gasteiger partial charge >= 0.3 is 0 Å². The first kappa shape index (κ1) is 12.6. The highest BCUT2D eigenvalue weighted by Gasteiger charge is 1.99. The van der Waals surface area contributed by atoms with E-state index in [0.29, 0.717) is 26.4 Å². The number of nitrogens with zero attached hydrogens (tertiary/aromatic N) is 1. The van der Waals surface area contributed by atoms with Gasteiger partial charge in [0.1, 0.15) is 5.01 Å². The number of nitrogens with two attached hydrogens (primary N) is 1. The van der Waals surface area contributed by atoms with Crippen LogP contribution in [0.5, 0.6) is 0 Å². The molecule has 0 aliphatic heterocycles. The molecule has 0 aromatic carbocycles. The number of ether oxygens (including phenoxy) is 2. The van der Waals surface area contributed by atoms with Gasteiger partial charge in [-0.2, -0.15) is 0 Å². The first-order chi connectivity index (χ1) is 7.36. The maximum absolute atomic E-state index is 5.46. The smallest absolute Gasteiger partial charge is 0.107 e. The van der Waals surface area contributed by atoms with E-state index in [2.05, 4.69) is 11.9 Å². The van der Waals surface area contributed by atoms with Gasteiger partial charge in [0.05, 0.1) is 25.5 Å². The third-order valence-corrected chi connectivity index (χ3v) is 2.66. The zero-order chi connectivity index (χ0) is 10.9. The van der Waals surface area contributed by atoms with Gasteiger partial charge in [-0.15, -0.1) is 11.3 Å². The molecule has 0 bridgehead atoms. The van der Waals surface area contributed by atoms with Gasteiger partial charge < -0.3 is 15.2 Å². The molecule has 1 aromatic heterocycles. The van der Waals surface area contributed by atoms with Crippen molar-refractivity contribution >= 4 is 11.3 Å². The molecule has 0 spiro atoms. The number of rotatable bonds is 8. The van der Waals surface area contributed by atoms with E-state index in [1.165, 1.54) is 0 Å². The first-order valence-corrected chi connectivity index (χ1v) is 6.03. The molecule has 0 atom stereocenters. The maximum atomic E-state index is 5.46. The van der Waals surface area contributed by atoms with Crippen LogP contribution in [0.25, 0.3) is 0 Å². The van der Waals surface area contributed by atoms with Crippen LogP contribution < -0.4 is 5.73 Å². The summed E-state index contributed by atoms with van der Waals surface area (Å²) in [6, 6.07) is 0. The number of aromatic nitrogens is 1. The molecule has 0 unspecified atom stereocenters. The Kier molecular flexibility index (Phi) is 6.50. The van der Waals surface area contributed by atoms with Crippen molar-refractivity contribution in [1.29, 1.82) is 0 Å². The van der Waals surface area contributed by atoms with E-state index in [4.69, 9.17) is 15.2 Å². The highest BCUT2D eigenvalue weighted by molar-refractivity contribution is 7.09. The Morgan fingerprint density at radius 2 is 2.13 bits per heavy atom. The predicted octanol–water partition coefficient (Wildman–Crippen LogP) is 1.55. The van der Waals surface area contributed by atoms with Crippen LogP contribution in [0.4, 0.5) is 0 Å². The van der Waals surface area contributed by atoms with Crippen LogP contribution in [0, 0.1) is 0 Å². The Morgan fingerprint density at radius 3 is 2.80 bits per heavy atom. The molecule has 0 amide bonds. The summed E-state index contributed by atoms with van der Waals surface area (Å²) in [6.45, 7) is 5.22. The summed E-state index contributed by atoms with van der Waals surface area (Å²) in [4.78, 5) is 4.29. The zero-order valence-electron chi connectivity index (χ0n) is 9.07. The molecule has 0 aliphatic rings. The second kappa shape index (κ2) is 7.76. The summed E-state index contributed by atoms with van der Waals surface area (Å²) < 4.78 is 10.7. The summed E-state index contributed by atoms with van der Waals surface area (Å²) in [5.41, 5.74) is 6.41. The van der Waals surface area contributed by atoms with Gasteiger partial charge in [-0.1, -0.05) is 6.92 Å². The molecular formula is C10H18N2O2S. The van der Waals surface area contributed by atoms with E-state index in [9.17, 15) is 0 Å². The maximum Gasteiger partial charge on any atom is 0.107 e. The van der Waals surface area contributed by atoms with Crippen molar-refractivity contribution in [2.24, 2.45) is 5.73 Å². The van der Waals surface area contributed by atoms with Crippen molar-refractivity contribution in [3.05, 3.63) is 16.1 Å². The van der Waals surface area contributed by atoms with Crippen LogP contribution in [-0.2, 0) is 22.6 Å². The summed E-state index contributed by atoms with van der Waals surface area (Å²) >= 11 is 1.57. The minimum absolute atomic E-state index is 0.504. The molecule has 1 aromatic rings. The first-order valence-electron chi connectivity index (χ1n) is 5.15. The van der Waals surface area contributed by atoms with Gasteiger partial charge in [0.15, 0.2) is 0 Å². The second-order valence-electron chi connectivity index (χ2n) is 3.10. The molecule has 1 heterocycles. The lowest BCUT2D eigenvalue weighted by molar-refractivity contribution is 0.0399. The molecule has 0 fully saturated rings. The van der Waals surface area contributed by atoms with Crippen LogP contribution in [-0.4, -0.2) is 24.8 Å². The number of hydrogen-bond acceptors (Lipinski definition) is 5. The van der Waals surface area contributed by atoms with Crippen LogP contribution in [0.15, 0.2) is 5.38 Å². The fourth-order valence-electron chi connectivity index (χ4n) is 1.05. The molecule has 86 valence electrons. The van der Waals surface area contributed by atoms with E-state index in [1.807, 2.05) is 5.38 Å². The van der Waals surface area contributed by atoms with Crippen molar-refractivity contribution in [2.75, 3.05) is 19.8 Å². The minimum Gasteiger partial charge on any atom is -0.379 e. The predicted molar refractivity (Wildman–Crippen MR) is 60.8 cm³/mol. The van der Waals surface area contributed by atoms with Gasteiger partial charge in [-0.05, 0) is 6.42 Å². The van der Waals surface area contributed by atoms with Crippen LogP contribution in [0.3, 0.4) is 0 Å². The lowest BCUT2D eigenvalue weighted by atomic mass is 10.5. The van der Waals surface area contributed by atoms with Gasteiger partial charge in [-0.25, -0.2) is 4.98 Å². The van der Waals surface area contributed by atoms with Gasteiger partial charge in [-0.3, -0.25) is 0 Å². The SMILES string of the molecule is CCCOCCOCc1csc(CN)n1. The topological polar surface area (TPSA) is 57.4 Å². The molecule has 0 aliphatic carbocycles. The van der Waals surface area contributed by atoms with Gasteiger partial charge in [0, 0.05) is 18.5 Å². The van der Waals surface area contributed by atoms with Crippen molar-refractivity contribution in [3.63, 3.8) is 0 Å². The Balaban J connectivity index is 2.04. The molecule has 1 rings (SSSR count). The fraction of sp³-hybridized carbons (Fsp3) is 0.700. The Labute approximate surface area is 94.4 Å². The van der Waals surface area contributed by atoms with Crippen LogP contribution >= 0.6 is 11.3 Å². The van der Waals surface area contributed by atoms with Gasteiger partial charge in [0.2, 0.25) is 0 Å². The molecule has 0 saturated heterocycles. The molecule has 0 saturated carbocycles. The molecular weight excluding hydrogens is 212 g/mol. The highest BCUT2D eigenvalue weighted by atomic mass is 32.1. The van der Waals surface area contributed by atoms with E-state index in [-0.39, 0.29) is 0 Å². The minimum atomic E-state index is 0.504. The third kappa shape index (κ3) is 5.22. The Morgan fingerprint density at radius 1 is 1.33 bits per heavy atom. The van der Waals surface area contributed by atoms with Crippen LogP contribution in [0.2, 0.25) is 0 Å². The van der Waals surface area contributed by atoms with Crippen molar-refractivity contribution in [2.45, 2.75) is 26.5 Å². The highest BCUT2D eigenvalue weighted by Crippen LogP contribution is 2.09. The van der Waals surface area contributed by atoms with Crippen molar-refractivity contribution < 1.29 is 9.47 Å². The van der Waals surface area contributed by atoms with E-state index in [0.717, 1.165) is 23.7 Å². The van der Waals surface area contributed by atoms with E-state index >= 15 is 0 Å². The standard InChI is InChI=1S/C10H18N2O2S/c1-2-3-13-4-5-14-7-9-8-15-10(6-11)12-9/h8H,2-7,11H2,1H3. The second-order valence-corrected chi connectivity index (χ2v) is 4.04. The zero-order valence-corrected chi connectivity index (χ0v) is 9.89. The Hall–Kier alpha value is -0.490. The lowest BCUT2D eigenvalue weighted by Crippen LogP contribution is -2.05. The molecule has 4 nitrogen and oxygen atoms in total. The number of hydrogen-bond donors (Lipinski definition) is 1. The molecule has 15 heavy (non-hydrogen) atoms.